The highest BCUT2D eigenvalue weighted by atomic mass is 32.2. The van der Waals surface area contributed by atoms with E-state index >= 15 is 0 Å². The van der Waals surface area contributed by atoms with Crippen LogP contribution in [0.3, 0.4) is 0 Å². The van der Waals surface area contributed by atoms with Crippen LogP contribution in [-0.4, -0.2) is 11.8 Å². The summed E-state index contributed by atoms with van der Waals surface area (Å²) in [5.74, 6) is -0.0837. The van der Waals surface area contributed by atoms with Gasteiger partial charge in [0.15, 0.2) is 21.3 Å². The van der Waals surface area contributed by atoms with Crippen LogP contribution in [0.1, 0.15) is 17.3 Å². The molecule has 0 spiro atoms. The van der Waals surface area contributed by atoms with E-state index in [-0.39, 0.29) is 5.78 Å². The second-order valence-electron chi connectivity index (χ2n) is 6.33. The van der Waals surface area contributed by atoms with E-state index in [4.69, 9.17) is 4.74 Å². The lowest BCUT2D eigenvalue weighted by Crippen LogP contribution is -2.10. The first-order chi connectivity index (χ1) is 14.0. The summed E-state index contributed by atoms with van der Waals surface area (Å²) in [7, 11) is -0.522. The van der Waals surface area contributed by atoms with Crippen LogP contribution >= 0.6 is 0 Å². The Balaban J connectivity index is 2.11. The summed E-state index contributed by atoms with van der Waals surface area (Å²) in [5.41, 5.74) is 1.10. The van der Waals surface area contributed by atoms with Crippen molar-refractivity contribution >= 4 is 22.6 Å². The van der Waals surface area contributed by atoms with Gasteiger partial charge in [0.2, 0.25) is 4.90 Å². The van der Waals surface area contributed by atoms with E-state index in [0.29, 0.717) is 16.9 Å². The Hall–Kier alpha value is -3.37. The molecule has 1 unspecified atom stereocenters. The summed E-state index contributed by atoms with van der Waals surface area (Å²) in [4.78, 5) is 27.0. The maximum atomic E-state index is 12.2. The zero-order chi connectivity index (χ0) is 20.8. The van der Waals surface area contributed by atoms with Crippen LogP contribution < -0.4 is 4.74 Å². The smallest absolute Gasteiger partial charge is 0.335 e. The molecule has 0 aliphatic carbocycles. The summed E-state index contributed by atoms with van der Waals surface area (Å²) in [6.45, 7) is 8.91. The lowest BCUT2D eigenvalue weighted by atomic mass is 10.1. The monoisotopic (exact) mass is 401 g/mol. The van der Waals surface area contributed by atoms with E-state index in [1.165, 1.54) is 0 Å². The third-order valence-electron chi connectivity index (χ3n) is 4.17. The van der Waals surface area contributed by atoms with Crippen LogP contribution in [0.15, 0.2) is 118 Å². The highest BCUT2D eigenvalue weighted by Gasteiger charge is 2.32. The van der Waals surface area contributed by atoms with Gasteiger partial charge in [0.1, 0.15) is 10.9 Å². The van der Waals surface area contributed by atoms with Crippen molar-refractivity contribution in [2.45, 2.75) is 21.6 Å². The van der Waals surface area contributed by atoms with Gasteiger partial charge in [0.05, 0.1) is 0 Å². The van der Waals surface area contributed by atoms with E-state index in [1.54, 1.807) is 13.0 Å². The number of allylic oxidation sites excluding steroid dienone is 1. The minimum absolute atomic E-state index is 0.0727. The molecule has 0 radical (unpaired) electrons. The first-order valence-electron chi connectivity index (χ1n) is 9.04. The molecule has 0 aliphatic heterocycles. The fourth-order valence-electron chi connectivity index (χ4n) is 2.79. The van der Waals surface area contributed by atoms with Crippen LogP contribution in [0.2, 0.25) is 0 Å². The lowest BCUT2D eigenvalue weighted by Gasteiger charge is -2.12. The molecule has 3 rings (SSSR count). The predicted molar refractivity (Wildman–Crippen MR) is 116 cm³/mol. The Morgan fingerprint density at radius 2 is 1.45 bits per heavy atom. The summed E-state index contributed by atoms with van der Waals surface area (Å²) < 4.78 is 5.50. The summed E-state index contributed by atoms with van der Waals surface area (Å²) in [5, 5.41) is 0. The molecule has 29 heavy (non-hydrogen) atoms. The number of ether oxygens (including phenoxy) is 1. The van der Waals surface area contributed by atoms with Crippen molar-refractivity contribution in [3.63, 3.8) is 0 Å². The quantitative estimate of drug-likeness (QED) is 0.169. The molecule has 0 amide bonds. The molecule has 0 bridgehead atoms. The number of para-hydroxylation sites is 1. The highest BCUT2D eigenvalue weighted by molar-refractivity contribution is 7.97. The van der Waals surface area contributed by atoms with E-state index in [0.717, 1.165) is 20.8 Å². The molecule has 144 valence electrons. The first-order valence-corrected chi connectivity index (χ1v) is 10.3. The van der Waals surface area contributed by atoms with Gasteiger partial charge in [0, 0.05) is 11.6 Å². The lowest BCUT2D eigenvalue weighted by molar-refractivity contribution is -0.129. The highest BCUT2D eigenvalue weighted by Crippen LogP contribution is 2.36. The Kier molecular flexibility index (Phi) is 6.47. The Morgan fingerprint density at radius 1 is 0.862 bits per heavy atom. The molecular formula is C25H21O3S+. The Labute approximate surface area is 173 Å². The fourth-order valence-corrected chi connectivity index (χ4v) is 4.93. The topological polar surface area (TPSA) is 43.4 Å². The van der Waals surface area contributed by atoms with Gasteiger partial charge in [-0.3, -0.25) is 4.79 Å². The van der Waals surface area contributed by atoms with Gasteiger partial charge in [-0.05, 0) is 61.0 Å². The molecule has 3 aromatic carbocycles. The van der Waals surface area contributed by atoms with E-state index in [2.05, 4.69) is 13.2 Å². The maximum absolute atomic E-state index is 12.2. The maximum Gasteiger partial charge on any atom is 0.335 e. The second-order valence-corrected chi connectivity index (χ2v) is 8.32. The summed E-state index contributed by atoms with van der Waals surface area (Å²) in [6.07, 6.45) is 1.15. The predicted octanol–water partition coefficient (Wildman–Crippen LogP) is 5.63. The Bertz CT molecular complexity index is 1050. The number of hydrogen-bond donors (Lipinski definition) is 0. The number of ketones is 1. The first kappa shape index (κ1) is 20.4. The van der Waals surface area contributed by atoms with Crippen molar-refractivity contribution in [2.75, 3.05) is 0 Å². The van der Waals surface area contributed by atoms with Crippen molar-refractivity contribution < 1.29 is 14.3 Å². The zero-order valence-corrected chi connectivity index (χ0v) is 16.9. The van der Waals surface area contributed by atoms with Crippen molar-refractivity contribution in [2.24, 2.45) is 0 Å². The molecular weight excluding hydrogens is 380 g/mol. The molecule has 0 saturated carbocycles. The van der Waals surface area contributed by atoms with Crippen LogP contribution in [0.4, 0.5) is 0 Å². The van der Waals surface area contributed by atoms with E-state index in [1.807, 2.05) is 72.8 Å². The number of rotatable bonds is 7. The molecule has 3 nitrogen and oxygen atoms in total. The van der Waals surface area contributed by atoms with Crippen molar-refractivity contribution in [1.82, 2.24) is 0 Å². The molecule has 0 aliphatic rings. The van der Waals surface area contributed by atoms with Crippen LogP contribution in [0.25, 0.3) is 0 Å². The summed E-state index contributed by atoms with van der Waals surface area (Å²) in [6, 6.07) is 25.0. The molecule has 0 N–H and O–H groups in total. The van der Waals surface area contributed by atoms with Crippen molar-refractivity contribution in [3.05, 3.63) is 109 Å². The fraction of sp³-hybridized carbons (Fsp3) is 0.0400. The zero-order valence-electron chi connectivity index (χ0n) is 16.1. The van der Waals surface area contributed by atoms with E-state index in [9.17, 15) is 9.59 Å². The molecule has 0 heterocycles. The third kappa shape index (κ3) is 4.73. The number of Topliss-reactive ketones (excluding diaryl/α,β-unsaturated/α-hetero) is 1. The number of hydrogen-bond acceptors (Lipinski definition) is 3. The van der Waals surface area contributed by atoms with Crippen molar-refractivity contribution in [1.29, 1.82) is 0 Å². The van der Waals surface area contributed by atoms with Gasteiger partial charge in [0.25, 0.3) is 0 Å². The third-order valence-corrected chi connectivity index (χ3v) is 6.43. The SMILES string of the molecule is C=CC(=O)Oc1ccccc1[S+](c1ccccc1)c1ccc(C(=O)C(=C)C)cc1. The van der Waals surface area contributed by atoms with Gasteiger partial charge in [-0.25, -0.2) is 4.79 Å². The van der Waals surface area contributed by atoms with Crippen LogP contribution in [0.5, 0.6) is 5.75 Å². The largest absolute Gasteiger partial charge is 0.418 e. The van der Waals surface area contributed by atoms with Gasteiger partial charge in [-0.1, -0.05) is 43.5 Å². The molecule has 3 aromatic rings. The van der Waals surface area contributed by atoms with Crippen LogP contribution in [-0.2, 0) is 15.7 Å². The van der Waals surface area contributed by atoms with Gasteiger partial charge < -0.3 is 4.74 Å². The van der Waals surface area contributed by atoms with Gasteiger partial charge in [-0.15, -0.1) is 0 Å². The average Bonchev–Trinajstić information content (AvgIpc) is 2.75. The summed E-state index contributed by atoms with van der Waals surface area (Å²) >= 11 is 0. The molecule has 0 saturated heterocycles. The molecule has 0 fully saturated rings. The minimum Gasteiger partial charge on any atom is -0.418 e. The normalized spacial score (nSPS) is 11.3. The number of carbonyl (C=O) groups is 2. The molecule has 4 heteroatoms. The minimum atomic E-state index is -0.522. The number of benzene rings is 3. The number of esters is 1. The Morgan fingerprint density at radius 3 is 2.07 bits per heavy atom. The molecule has 1 atom stereocenters. The van der Waals surface area contributed by atoms with Crippen LogP contribution in [0, 0.1) is 0 Å². The number of carbonyl (C=O) groups excluding carboxylic acids is 2. The van der Waals surface area contributed by atoms with E-state index < -0.39 is 16.9 Å². The van der Waals surface area contributed by atoms with Gasteiger partial charge >= 0.3 is 5.97 Å². The van der Waals surface area contributed by atoms with Gasteiger partial charge in [-0.2, -0.15) is 0 Å². The van der Waals surface area contributed by atoms with Crippen molar-refractivity contribution in [3.8, 4) is 5.75 Å². The second kappa shape index (κ2) is 9.22. The molecule has 0 aromatic heterocycles. The standard InChI is InChI=1S/C25H21O3S/c1-4-24(26)28-22-12-8-9-13-23(22)29(20-10-6-5-7-11-20)21-16-14-19(15-17-21)25(27)18(2)3/h4-17H,1-2H2,3H3/q+1. The average molecular weight is 402 g/mol.